The van der Waals surface area contributed by atoms with Crippen molar-refractivity contribution in [1.82, 2.24) is 20.2 Å². The molecule has 0 spiro atoms. The molecule has 1 aromatic heterocycles. The van der Waals surface area contributed by atoms with E-state index in [1.54, 1.807) is 25.4 Å². The average molecular weight is 435 g/mol. The fourth-order valence-electron chi connectivity index (χ4n) is 3.44. The molecule has 168 valence electrons. The van der Waals surface area contributed by atoms with Gasteiger partial charge in [0.1, 0.15) is 17.6 Å². The third kappa shape index (κ3) is 5.35. The number of carbonyl (C=O) groups is 2. The van der Waals surface area contributed by atoms with E-state index in [0.29, 0.717) is 17.1 Å². The number of methoxy groups -OCH3 is 1. The first kappa shape index (κ1) is 23.1. The van der Waals surface area contributed by atoms with E-state index in [1.807, 2.05) is 54.2 Å². The highest BCUT2D eigenvalue weighted by molar-refractivity contribution is 5.96. The summed E-state index contributed by atoms with van der Waals surface area (Å²) in [5.41, 5.74) is 2.44. The Morgan fingerprint density at radius 3 is 2.38 bits per heavy atom. The van der Waals surface area contributed by atoms with Gasteiger partial charge in [-0.05, 0) is 29.2 Å². The fourth-order valence-corrected chi connectivity index (χ4v) is 3.44. The zero-order valence-electron chi connectivity index (χ0n) is 19.2. The fraction of sp³-hybridized carbons (Fsp3) is 0.320. The van der Waals surface area contributed by atoms with Gasteiger partial charge in [0.25, 0.3) is 5.91 Å². The van der Waals surface area contributed by atoms with Gasteiger partial charge in [0.2, 0.25) is 5.91 Å². The summed E-state index contributed by atoms with van der Waals surface area (Å²) < 4.78 is 7.32. The Balaban J connectivity index is 1.71. The summed E-state index contributed by atoms with van der Waals surface area (Å²) in [4.78, 5) is 29.7. The third-order valence-electron chi connectivity index (χ3n) is 5.29. The minimum absolute atomic E-state index is 0.00732. The summed E-state index contributed by atoms with van der Waals surface area (Å²) in [5, 5.41) is 5.66. The van der Waals surface area contributed by atoms with Crippen molar-refractivity contribution in [1.29, 1.82) is 0 Å². The van der Waals surface area contributed by atoms with Crippen molar-refractivity contribution in [3.63, 3.8) is 0 Å². The quantitative estimate of drug-likeness (QED) is 0.597. The molecule has 7 nitrogen and oxygen atoms in total. The minimum Gasteiger partial charge on any atom is -0.496 e. The first-order valence-corrected chi connectivity index (χ1v) is 10.5. The molecule has 2 N–H and O–H groups in total. The van der Waals surface area contributed by atoms with Gasteiger partial charge in [-0.3, -0.25) is 9.59 Å². The largest absolute Gasteiger partial charge is 0.496 e. The molecule has 0 aliphatic carbocycles. The summed E-state index contributed by atoms with van der Waals surface area (Å²) >= 11 is 0. The molecule has 0 bridgehead atoms. The minimum atomic E-state index is -0.526. The van der Waals surface area contributed by atoms with Crippen LogP contribution in [0.15, 0.2) is 60.9 Å². The van der Waals surface area contributed by atoms with Crippen molar-refractivity contribution in [2.24, 2.45) is 7.05 Å². The van der Waals surface area contributed by atoms with Crippen molar-refractivity contribution in [2.45, 2.75) is 32.2 Å². The number of amides is 2. The molecule has 0 fully saturated rings. The maximum Gasteiger partial charge on any atom is 0.251 e. The molecule has 0 aliphatic heterocycles. The zero-order chi connectivity index (χ0) is 23.3. The SMILES string of the molecule is COc1ccccc1[C@@H](NC(=O)CNC(=O)c1ccc(C(C)(C)C)cc1)c1nccn1C. The van der Waals surface area contributed by atoms with Crippen LogP contribution in [0.1, 0.15) is 54.1 Å². The maximum atomic E-state index is 12.8. The van der Waals surface area contributed by atoms with Crippen molar-refractivity contribution < 1.29 is 14.3 Å². The molecule has 32 heavy (non-hydrogen) atoms. The summed E-state index contributed by atoms with van der Waals surface area (Å²) in [6.45, 7) is 6.19. The smallest absolute Gasteiger partial charge is 0.251 e. The highest BCUT2D eigenvalue weighted by Crippen LogP contribution is 2.29. The number of aromatic nitrogens is 2. The Labute approximate surface area is 188 Å². The normalized spacial score (nSPS) is 12.2. The van der Waals surface area contributed by atoms with Crippen LogP contribution in [-0.2, 0) is 17.3 Å². The molecule has 7 heteroatoms. The van der Waals surface area contributed by atoms with Gasteiger partial charge in [-0.2, -0.15) is 0 Å². The molecule has 0 radical (unpaired) electrons. The lowest BCUT2D eigenvalue weighted by atomic mass is 9.87. The van der Waals surface area contributed by atoms with Crippen LogP contribution in [0.3, 0.4) is 0 Å². The van der Waals surface area contributed by atoms with Crippen molar-refractivity contribution in [3.05, 3.63) is 83.4 Å². The number of hydrogen-bond acceptors (Lipinski definition) is 4. The number of nitrogens with zero attached hydrogens (tertiary/aromatic N) is 2. The van der Waals surface area contributed by atoms with E-state index in [-0.39, 0.29) is 23.8 Å². The first-order valence-electron chi connectivity index (χ1n) is 10.5. The van der Waals surface area contributed by atoms with Crippen LogP contribution in [0, 0.1) is 0 Å². The molecular weight excluding hydrogens is 404 g/mol. The zero-order valence-corrected chi connectivity index (χ0v) is 19.2. The Morgan fingerprint density at radius 2 is 1.78 bits per heavy atom. The Kier molecular flexibility index (Phi) is 6.98. The predicted molar refractivity (Wildman–Crippen MR) is 124 cm³/mol. The Hall–Kier alpha value is -3.61. The average Bonchev–Trinajstić information content (AvgIpc) is 3.20. The Bertz CT molecular complexity index is 1080. The lowest BCUT2D eigenvalue weighted by Crippen LogP contribution is -2.39. The van der Waals surface area contributed by atoms with E-state index in [4.69, 9.17) is 4.74 Å². The molecule has 3 rings (SSSR count). The van der Waals surface area contributed by atoms with Crippen molar-refractivity contribution >= 4 is 11.8 Å². The second kappa shape index (κ2) is 9.68. The van der Waals surface area contributed by atoms with Gasteiger partial charge < -0.3 is 19.9 Å². The van der Waals surface area contributed by atoms with Crippen LogP contribution >= 0.6 is 0 Å². The van der Waals surface area contributed by atoms with Crippen LogP contribution < -0.4 is 15.4 Å². The summed E-state index contributed by atoms with van der Waals surface area (Å²) in [6.07, 6.45) is 3.49. The van der Waals surface area contributed by atoms with E-state index < -0.39 is 6.04 Å². The van der Waals surface area contributed by atoms with Gasteiger partial charge in [0, 0.05) is 30.6 Å². The highest BCUT2D eigenvalue weighted by Gasteiger charge is 2.24. The number of hydrogen-bond donors (Lipinski definition) is 2. The molecule has 2 amide bonds. The number of carbonyl (C=O) groups excluding carboxylic acids is 2. The topological polar surface area (TPSA) is 85.2 Å². The van der Waals surface area contributed by atoms with Crippen LogP contribution in [0.4, 0.5) is 0 Å². The van der Waals surface area contributed by atoms with Crippen LogP contribution in [0.25, 0.3) is 0 Å². The van der Waals surface area contributed by atoms with Gasteiger partial charge in [-0.25, -0.2) is 4.98 Å². The van der Waals surface area contributed by atoms with Gasteiger partial charge in [0.15, 0.2) is 0 Å². The predicted octanol–water partition coefficient (Wildman–Crippen LogP) is 3.36. The molecule has 0 saturated carbocycles. The van der Waals surface area contributed by atoms with Gasteiger partial charge in [-0.15, -0.1) is 0 Å². The van der Waals surface area contributed by atoms with E-state index in [9.17, 15) is 9.59 Å². The van der Waals surface area contributed by atoms with Gasteiger partial charge in [0.05, 0.1) is 13.7 Å². The second-order valence-corrected chi connectivity index (χ2v) is 8.65. The van der Waals surface area contributed by atoms with E-state index >= 15 is 0 Å². The molecule has 3 aromatic rings. The van der Waals surface area contributed by atoms with E-state index in [2.05, 4.69) is 36.4 Å². The summed E-state index contributed by atoms with van der Waals surface area (Å²) in [6, 6.07) is 14.4. The van der Waals surface area contributed by atoms with Gasteiger partial charge in [-0.1, -0.05) is 51.1 Å². The number of para-hydroxylation sites is 1. The molecule has 0 saturated heterocycles. The van der Waals surface area contributed by atoms with Crippen LogP contribution in [0.2, 0.25) is 0 Å². The number of nitrogens with one attached hydrogen (secondary N) is 2. The van der Waals surface area contributed by atoms with Crippen molar-refractivity contribution in [3.8, 4) is 5.75 Å². The summed E-state index contributed by atoms with van der Waals surface area (Å²) in [5.74, 6) is 0.672. The maximum absolute atomic E-state index is 12.8. The first-order chi connectivity index (χ1) is 15.2. The van der Waals surface area contributed by atoms with E-state index in [0.717, 1.165) is 11.1 Å². The number of ether oxygens (including phenoxy) is 1. The van der Waals surface area contributed by atoms with Crippen molar-refractivity contribution in [2.75, 3.05) is 13.7 Å². The monoisotopic (exact) mass is 434 g/mol. The Morgan fingerprint density at radius 1 is 1.09 bits per heavy atom. The molecule has 0 unspecified atom stereocenters. The third-order valence-corrected chi connectivity index (χ3v) is 5.29. The number of aryl methyl sites for hydroxylation is 1. The molecule has 1 atom stereocenters. The number of rotatable bonds is 7. The van der Waals surface area contributed by atoms with Crippen LogP contribution in [-0.4, -0.2) is 35.0 Å². The summed E-state index contributed by atoms with van der Waals surface area (Å²) in [7, 11) is 3.45. The van der Waals surface area contributed by atoms with Crippen LogP contribution in [0.5, 0.6) is 5.75 Å². The standard InChI is InChI=1S/C25H30N4O3/c1-25(2,3)18-12-10-17(11-13-18)24(31)27-16-21(30)28-22(23-26-14-15-29(23)4)19-8-6-7-9-20(19)32-5/h6-15,22H,16H2,1-5H3,(H,27,31)(H,28,30)/t22-/m1/s1. The lowest BCUT2D eigenvalue weighted by molar-refractivity contribution is -0.120. The molecular formula is C25H30N4O3. The molecule has 0 aliphatic rings. The highest BCUT2D eigenvalue weighted by atomic mass is 16.5. The number of imidazole rings is 1. The lowest BCUT2D eigenvalue weighted by Gasteiger charge is -2.21. The van der Waals surface area contributed by atoms with E-state index in [1.165, 1.54) is 0 Å². The second-order valence-electron chi connectivity index (χ2n) is 8.65. The molecule has 1 heterocycles. The number of benzene rings is 2. The molecule has 2 aromatic carbocycles. The van der Waals surface area contributed by atoms with Gasteiger partial charge >= 0.3 is 0 Å².